The molecule has 0 amide bonds. The molecular formula is C9H17ClF3N. The van der Waals surface area contributed by atoms with Crippen molar-refractivity contribution in [1.29, 1.82) is 0 Å². The Balaban J connectivity index is 3.60. The number of nitrogens with zero attached hydrogens (tertiary/aromatic N) is 1. The van der Waals surface area contributed by atoms with E-state index in [1.165, 1.54) is 0 Å². The first-order valence-corrected chi connectivity index (χ1v) is 5.38. The largest absolute Gasteiger partial charge is 0.389 e. The van der Waals surface area contributed by atoms with Gasteiger partial charge in [-0.3, -0.25) is 0 Å². The molecule has 0 N–H and O–H groups in total. The van der Waals surface area contributed by atoms with E-state index in [0.29, 0.717) is 19.0 Å². The van der Waals surface area contributed by atoms with E-state index in [9.17, 15) is 13.2 Å². The van der Waals surface area contributed by atoms with Gasteiger partial charge >= 0.3 is 6.18 Å². The van der Waals surface area contributed by atoms with Crippen LogP contribution in [-0.4, -0.2) is 36.6 Å². The van der Waals surface area contributed by atoms with Crippen molar-refractivity contribution in [2.24, 2.45) is 0 Å². The molecule has 14 heavy (non-hydrogen) atoms. The molecule has 0 unspecified atom stereocenters. The summed E-state index contributed by atoms with van der Waals surface area (Å²) in [6.07, 6.45) is -3.61. The Labute approximate surface area is 88.2 Å². The second-order valence-electron chi connectivity index (χ2n) is 3.25. The van der Waals surface area contributed by atoms with Crippen LogP contribution >= 0.6 is 11.6 Å². The lowest BCUT2D eigenvalue weighted by molar-refractivity contribution is -0.136. The van der Waals surface area contributed by atoms with Crippen LogP contribution in [-0.2, 0) is 0 Å². The van der Waals surface area contributed by atoms with Gasteiger partial charge in [-0.2, -0.15) is 13.2 Å². The summed E-state index contributed by atoms with van der Waals surface area (Å²) in [6.45, 7) is 3.99. The Kier molecular flexibility index (Phi) is 7.37. The molecule has 5 heteroatoms. The Morgan fingerprint density at radius 2 is 1.79 bits per heavy atom. The van der Waals surface area contributed by atoms with Gasteiger partial charge in [0.15, 0.2) is 0 Å². The van der Waals surface area contributed by atoms with Crippen molar-refractivity contribution >= 4 is 11.6 Å². The molecule has 0 atom stereocenters. The highest BCUT2D eigenvalue weighted by Crippen LogP contribution is 2.21. The molecule has 0 aromatic carbocycles. The number of hydrogen-bond donors (Lipinski definition) is 0. The van der Waals surface area contributed by atoms with Gasteiger partial charge in [0.1, 0.15) is 0 Å². The van der Waals surface area contributed by atoms with Crippen molar-refractivity contribution in [3.05, 3.63) is 0 Å². The fourth-order valence-corrected chi connectivity index (χ4v) is 1.51. The van der Waals surface area contributed by atoms with E-state index in [1.807, 2.05) is 11.8 Å². The van der Waals surface area contributed by atoms with Crippen LogP contribution in [0.15, 0.2) is 0 Å². The average molecular weight is 232 g/mol. The lowest BCUT2D eigenvalue weighted by Crippen LogP contribution is -2.28. The molecule has 0 bridgehead atoms. The summed E-state index contributed by atoms with van der Waals surface area (Å²) >= 11 is 5.54. The zero-order chi connectivity index (χ0) is 11.0. The predicted octanol–water partition coefficient (Wildman–Crippen LogP) is 3.28. The number of alkyl halides is 4. The van der Waals surface area contributed by atoms with Gasteiger partial charge < -0.3 is 4.90 Å². The van der Waals surface area contributed by atoms with Crippen LogP contribution in [0.3, 0.4) is 0 Å². The zero-order valence-electron chi connectivity index (χ0n) is 8.41. The summed E-state index contributed by atoms with van der Waals surface area (Å²) in [6, 6.07) is 0. The van der Waals surface area contributed by atoms with Gasteiger partial charge in [-0.25, -0.2) is 0 Å². The molecule has 0 aliphatic carbocycles. The van der Waals surface area contributed by atoms with Gasteiger partial charge in [0.05, 0.1) is 0 Å². The van der Waals surface area contributed by atoms with E-state index in [4.69, 9.17) is 11.6 Å². The first-order chi connectivity index (χ1) is 6.49. The van der Waals surface area contributed by atoms with Crippen LogP contribution in [0.4, 0.5) is 13.2 Å². The lowest BCUT2D eigenvalue weighted by Gasteiger charge is -2.20. The minimum absolute atomic E-state index is 0.167. The Hall–Kier alpha value is 0.0400. The topological polar surface area (TPSA) is 3.24 Å². The fraction of sp³-hybridized carbons (Fsp3) is 1.00. The molecule has 0 fully saturated rings. The number of rotatable bonds is 7. The third kappa shape index (κ3) is 8.63. The third-order valence-corrected chi connectivity index (χ3v) is 2.04. The van der Waals surface area contributed by atoms with Crippen molar-refractivity contribution < 1.29 is 13.2 Å². The van der Waals surface area contributed by atoms with E-state index in [0.717, 1.165) is 13.0 Å². The molecular weight excluding hydrogens is 215 g/mol. The summed E-state index contributed by atoms with van der Waals surface area (Å²) in [5.74, 6) is 0.478. The summed E-state index contributed by atoms with van der Waals surface area (Å²) < 4.78 is 35.5. The van der Waals surface area contributed by atoms with E-state index in [-0.39, 0.29) is 6.42 Å². The van der Waals surface area contributed by atoms with Crippen LogP contribution < -0.4 is 0 Å². The van der Waals surface area contributed by atoms with E-state index >= 15 is 0 Å². The van der Waals surface area contributed by atoms with Crippen molar-refractivity contribution in [2.75, 3.05) is 25.5 Å². The van der Waals surface area contributed by atoms with Crippen molar-refractivity contribution in [2.45, 2.75) is 32.4 Å². The highest BCUT2D eigenvalue weighted by Gasteiger charge is 2.26. The summed E-state index contributed by atoms with van der Waals surface area (Å²) in [7, 11) is 0. The maximum Gasteiger partial charge on any atom is 0.389 e. The van der Waals surface area contributed by atoms with E-state index < -0.39 is 12.6 Å². The normalized spacial score (nSPS) is 12.4. The minimum Gasteiger partial charge on any atom is -0.302 e. The summed E-state index contributed by atoms with van der Waals surface area (Å²) in [5, 5.41) is 0. The lowest BCUT2D eigenvalue weighted by atomic mass is 10.2. The molecule has 0 aliphatic heterocycles. The average Bonchev–Trinajstić information content (AvgIpc) is 2.02. The molecule has 0 aliphatic rings. The van der Waals surface area contributed by atoms with Gasteiger partial charge in [0, 0.05) is 18.8 Å². The first kappa shape index (κ1) is 14.0. The van der Waals surface area contributed by atoms with Crippen LogP contribution in [0, 0.1) is 0 Å². The SMILES string of the molecule is CCCN(CCCl)CCCC(F)(F)F. The molecule has 0 heterocycles. The second kappa shape index (κ2) is 7.35. The number of halogens is 4. The molecule has 0 saturated carbocycles. The van der Waals surface area contributed by atoms with Crippen molar-refractivity contribution in [3.63, 3.8) is 0 Å². The zero-order valence-corrected chi connectivity index (χ0v) is 9.16. The Bertz CT molecular complexity index is 133. The molecule has 1 nitrogen and oxygen atoms in total. The molecule has 86 valence electrons. The Morgan fingerprint density at radius 3 is 2.21 bits per heavy atom. The summed E-state index contributed by atoms with van der Waals surface area (Å²) in [5.41, 5.74) is 0. The van der Waals surface area contributed by atoms with Gasteiger partial charge in [0.2, 0.25) is 0 Å². The van der Waals surface area contributed by atoms with E-state index in [1.54, 1.807) is 0 Å². The molecule has 0 radical (unpaired) electrons. The third-order valence-electron chi connectivity index (χ3n) is 1.88. The highest BCUT2D eigenvalue weighted by atomic mass is 35.5. The van der Waals surface area contributed by atoms with Gasteiger partial charge in [0.25, 0.3) is 0 Å². The van der Waals surface area contributed by atoms with Crippen LogP contribution in [0.5, 0.6) is 0 Å². The van der Waals surface area contributed by atoms with Gasteiger partial charge in [-0.15, -0.1) is 11.6 Å². The maximum atomic E-state index is 11.8. The van der Waals surface area contributed by atoms with E-state index in [2.05, 4.69) is 0 Å². The molecule has 0 aromatic heterocycles. The van der Waals surface area contributed by atoms with Gasteiger partial charge in [-0.05, 0) is 25.9 Å². The maximum absolute atomic E-state index is 11.8. The Morgan fingerprint density at radius 1 is 1.14 bits per heavy atom. The highest BCUT2D eigenvalue weighted by molar-refractivity contribution is 6.18. The standard InChI is InChI=1S/C9H17ClF3N/c1-2-6-14(8-5-10)7-3-4-9(11,12)13/h2-8H2,1H3. The van der Waals surface area contributed by atoms with Crippen LogP contribution in [0.25, 0.3) is 0 Å². The fourth-order valence-electron chi connectivity index (χ4n) is 1.27. The van der Waals surface area contributed by atoms with Crippen molar-refractivity contribution in [3.8, 4) is 0 Å². The van der Waals surface area contributed by atoms with Crippen LogP contribution in [0.1, 0.15) is 26.2 Å². The second-order valence-corrected chi connectivity index (χ2v) is 3.63. The summed E-state index contributed by atoms with van der Waals surface area (Å²) in [4.78, 5) is 1.97. The molecule has 0 aromatic rings. The minimum atomic E-state index is -4.03. The quantitative estimate of drug-likeness (QED) is 0.608. The van der Waals surface area contributed by atoms with Gasteiger partial charge in [-0.1, -0.05) is 6.92 Å². The molecule has 0 saturated heterocycles. The molecule has 0 spiro atoms. The monoisotopic (exact) mass is 231 g/mol. The molecule has 0 rings (SSSR count). The van der Waals surface area contributed by atoms with Crippen LogP contribution in [0.2, 0.25) is 0 Å². The smallest absolute Gasteiger partial charge is 0.302 e. The predicted molar refractivity (Wildman–Crippen MR) is 52.7 cm³/mol. The number of hydrogen-bond acceptors (Lipinski definition) is 1. The first-order valence-electron chi connectivity index (χ1n) is 4.84. The van der Waals surface area contributed by atoms with Crippen molar-refractivity contribution in [1.82, 2.24) is 4.90 Å².